The number of nitrogens with one attached hydrogen (secondary N) is 2. The molecule has 3 N–H and O–H groups in total. The van der Waals surface area contributed by atoms with Gasteiger partial charge in [0.05, 0.1) is 15.6 Å². The fraction of sp³-hybridized carbons (Fsp3) is 0.192. The van der Waals surface area contributed by atoms with Gasteiger partial charge in [0, 0.05) is 42.1 Å². The predicted molar refractivity (Wildman–Crippen MR) is 152 cm³/mol. The van der Waals surface area contributed by atoms with E-state index in [0.29, 0.717) is 15.6 Å². The largest absolute Gasteiger partial charge is 0.768 e. The molecule has 2 atom stereocenters. The molecule has 0 aliphatic heterocycles. The van der Waals surface area contributed by atoms with Crippen LogP contribution in [-0.2, 0) is 11.1 Å². The van der Waals surface area contributed by atoms with Gasteiger partial charge in [0.25, 0.3) is 5.91 Å². The molecule has 0 saturated heterocycles. The summed E-state index contributed by atoms with van der Waals surface area (Å²) in [6.45, 7) is 5.62. The average Bonchev–Trinajstić information content (AvgIpc) is 3.23. The van der Waals surface area contributed by atoms with Crippen LogP contribution in [0.2, 0.25) is 15.1 Å². The molecule has 0 fully saturated rings. The van der Waals surface area contributed by atoms with E-state index in [9.17, 15) is 18.7 Å². The zero-order valence-corrected chi connectivity index (χ0v) is 24.6. The topological polar surface area (TPSA) is 105 Å². The number of hydrogen-bond donors (Lipinski definition) is 3. The fourth-order valence-corrected chi connectivity index (χ4v) is 5.33. The SMILES string of the molecule is CC(C)(C)NC(=O)c1ccc(Cl)c(C(O)c2cc3c(Cl)cc(Br)cc3[nH]2)c1Cl.O=S([O-])c1ccccc1. The van der Waals surface area contributed by atoms with Crippen molar-refractivity contribution in [3.63, 3.8) is 0 Å². The summed E-state index contributed by atoms with van der Waals surface area (Å²) in [5.74, 6) is -0.341. The van der Waals surface area contributed by atoms with E-state index in [1.54, 1.807) is 54.6 Å². The highest BCUT2D eigenvalue weighted by atomic mass is 79.9. The smallest absolute Gasteiger partial charge is 0.253 e. The lowest BCUT2D eigenvalue weighted by Crippen LogP contribution is -2.40. The molecule has 0 aliphatic rings. The molecule has 1 heterocycles. The Morgan fingerprint density at radius 2 is 1.70 bits per heavy atom. The standard InChI is InChI=1S/C20H18BrCl3N2O2.C6H6O2S/c1-20(2,3)26-19(28)10-4-5-12(22)16(17(10)24)18(27)15-8-11-13(23)6-9(21)7-14(11)25-15;7-9(8)6-4-2-1-3-5-6/h4-8,18,25,27H,1-3H3,(H,26,28);1-5H,(H,7,8)/p-1. The number of benzene rings is 3. The summed E-state index contributed by atoms with van der Waals surface area (Å²) in [4.78, 5) is 16.0. The van der Waals surface area contributed by atoms with Crippen LogP contribution in [0.15, 0.2) is 70.0 Å². The highest BCUT2D eigenvalue weighted by molar-refractivity contribution is 9.10. The number of fused-ring (bicyclic) bond motifs is 1. The van der Waals surface area contributed by atoms with E-state index >= 15 is 0 Å². The van der Waals surface area contributed by atoms with Gasteiger partial charge in [-0.2, -0.15) is 0 Å². The summed E-state index contributed by atoms with van der Waals surface area (Å²) in [5.41, 5.74) is 1.29. The number of hydrogen-bond acceptors (Lipinski definition) is 4. The third-order valence-electron chi connectivity index (χ3n) is 5.04. The molecule has 196 valence electrons. The van der Waals surface area contributed by atoms with Crippen LogP contribution < -0.4 is 5.32 Å². The van der Waals surface area contributed by atoms with Crippen LogP contribution in [0, 0.1) is 0 Å². The van der Waals surface area contributed by atoms with E-state index in [-0.39, 0.29) is 27.1 Å². The molecule has 0 saturated carbocycles. The third kappa shape index (κ3) is 7.57. The maximum absolute atomic E-state index is 12.6. The fourth-order valence-electron chi connectivity index (χ4n) is 3.42. The van der Waals surface area contributed by atoms with Crippen molar-refractivity contribution in [2.24, 2.45) is 0 Å². The minimum Gasteiger partial charge on any atom is -0.768 e. The van der Waals surface area contributed by atoms with E-state index in [0.717, 1.165) is 15.4 Å². The van der Waals surface area contributed by atoms with Gasteiger partial charge in [-0.1, -0.05) is 68.9 Å². The Hall–Kier alpha value is -1.91. The first-order chi connectivity index (χ1) is 17.3. The highest BCUT2D eigenvalue weighted by Crippen LogP contribution is 2.38. The molecule has 0 spiro atoms. The molecular weight excluding hydrogens is 623 g/mol. The first kappa shape index (κ1) is 29.6. The Morgan fingerprint density at radius 1 is 1.05 bits per heavy atom. The first-order valence-electron chi connectivity index (χ1n) is 10.9. The Balaban J connectivity index is 0.000000356. The highest BCUT2D eigenvalue weighted by Gasteiger charge is 2.25. The van der Waals surface area contributed by atoms with Gasteiger partial charge in [-0.3, -0.25) is 9.00 Å². The number of rotatable bonds is 4. The lowest BCUT2D eigenvalue weighted by molar-refractivity contribution is 0.0919. The van der Waals surface area contributed by atoms with Crippen LogP contribution in [0.4, 0.5) is 0 Å². The maximum Gasteiger partial charge on any atom is 0.253 e. The van der Waals surface area contributed by atoms with Crippen LogP contribution in [0.3, 0.4) is 0 Å². The molecule has 11 heteroatoms. The number of halogens is 4. The van der Waals surface area contributed by atoms with E-state index in [1.807, 2.05) is 26.8 Å². The Bertz CT molecular complexity index is 1460. The monoisotopic (exact) mass is 643 g/mol. The average molecular weight is 646 g/mol. The van der Waals surface area contributed by atoms with E-state index in [2.05, 4.69) is 26.2 Å². The molecule has 1 aromatic heterocycles. The van der Waals surface area contributed by atoms with Crippen molar-refractivity contribution in [2.45, 2.75) is 37.3 Å². The Morgan fingerprint density at radius 3 is 2.27 bits per heavy atom. The molecular formula is C26H23BrCl3N2O4S-. The quantitative estimate of drug-likeness (QED) is 0.201. The number of aromatic amines is 1. The van der Waals surface area contributed by atoms with Crippen molar-refractivity contribution in [1.82, 2.24) is 10.3 Å². The second kappa shape index (κ2) is 12.3. The van der Waals surface area contributed by atoms with Gasteiger partial charge in [0.2, 0.25) is 0 Å². The summed E-state index contributed by atoms with van der Waals surface area (Å²) in [7, 11) is 0. The summed E-state index contributed by atoms with van der Waals surface area (Å²) in [5, 5.41) is 15.5. The van der Waals surface area contributed by atoms with Crippen molar-refractivity contribution < 1.29 is 18.7 Å². The molecule has 4 aromatic rings. The molecule has 0 radical (unpaired) electrons. The third-order valence-corrected chi connectivity index (χ3v) is 7.20. The zero-order chi connectivity index (χ0) is 27.5. The lowest BCUT2D eigenvalue weighted by Gasteiger charge is -2.22. The number of aliphatic hydroxyl groups is 1. The minimum absolute atomic E-state index is 0.104. The van der Waals surface area contributed by atoms with Gasteiger partial charge >= 0.3 is 0 Å². The van der Waals surface area contributed by atoms with E-state index < -0.39 is 22.7 Å². The number of H-pyrrole nitrogens is 1. The molecule has 1 amide bonds. The maximum atomic E-state index is 12.6. The number of carbonyl (C=O) groups is 1. The van der Waals surface area contributed by atoms with E-state index in [4.69, 9.17) is 34.8 Å². The van der Waals surface area contributed by atoms with Gasteiger partial charge in [-0.15, -0.1) is 0 Å². The van der Waals surface area contributed by atoms with Crippen LogP contribution in [0.25, 0.3) is 10.9 Å². The van der Waals surface area contributed by atoms with Gasteiger partial charge < -0.3 is 20.0 Å². The predicted octanol–water partition coefficient (Wildman–Crippen LogP) is 7.43. The van der Waals surface area contributed by atoms with Gasteiger partial charge in [-0.05, 0) is 74.3 Å². The summed E-state index contributed by atoms with van der Waals surface area (Å²) >= 11 is 20.4. The van der Waals surface area contributed by atoms with Crippen LogP contribution in [0.5, 0.6) is 0 Å². The Labute approximate surface area is 240 Å². The van der Waals surface area contributed by atoms with Crippen molar-refractivity contribution in [1.29, 1.82) is 0 Å². The lowest BCUT2D eigenvalue weighted by atomic mass is 10.0. The summed E-state index contributed by atoms with van der Waals surface area (Å²) in [6, 6.07) is 16.7. The van der Waals surface area contributed by atoms with Gasteiger partial charge in [0.15, 0.2) is 0 Å². The normalized spacial score (nSPS) is 13.0. The molecule has 0 bridgehead atoms. The summed E-state index contributed by atoms with van der Waals surface area (Å²) in [6.07, 6.45) is -1.16. The molecule has 37 heavy (non-hydrogen) atoms. The molecule has 4 rings (SSSR count). The van der Waals surface area contributed by atoms with Crippen molar-refractivity contribution in [2.75, 3.05) is 0 Å². The zero-order valence-electron chi connectivity index (χ0n) is 19.9. The molecule has 3 aromatic carbocycles. The van der Waals surface area contributed by atoms with Crippen molar-refractivity contribution >= 4 is 78.6 Å². The number of amides is 1. The first-order valence-corrected chi connectivity index (χ1v) is 13.9. The van der Waals surface area contributed by atoms with Crippen molar-refractivity contribution in [3.05, 3.63) is 97.0 Å². The van der Waals surface area contributed by atoms with Gasteiger partial charge in [-0.25, -0.2) is 0 Å². The minimum atomic E-state index is -2.08. The van der Waals surface area contributed by atoms with Crippen LogP contribution >= 0.6 is 50.7 Å². The van der Waals surface area contributed by atoms with Gasteiger partial charge in [0.1, 0.15) is 6.10 Å². The second-order valence-electron chi connectivity index (χ2n) is 9.05. The van der Waals surface area contributed by atoms with Crippen LogP contribution in [0.1, 0.15) is 48.5 Å². The van der Waals surface area contributed by atoms with Crippen LogP contribution in [-0.4, -0.2) is 30.3 Å². The second-order valence-corrected chi connectivity index (χ2v) is 12.1. The van der Waals surface area contributed by atoms with Crippen molar-refractivity contribution in [3.8, 4) is 0 Å². The molecule has 0 aliphatic carbocycles. The summed E-state index contributed by atoms with van der Waals surface area (Å²) < 4.78 is 21.2. The van der Waals surface area contributed by atoms with E-state index in [1.165, 1.54) is 0 Å². The Kier molecular flexibility index (Phi) is 9.85. The number of aromatic nitrogens is 1. The molecule has 2 unspecified atom stereocenters. The molecule has 6 nitrogen and oxygen atoms in total. The number of aliphatic hydroxyl groups excluding tert-OH is 1. The number of carbonyl (C=O) groups excluding carboxylic acids is 1.